The van der Waals surface area contributed by atoms with Crippen molar-refractivity contribution in [1.29, 1.82) is 0 Å². The van der Waals surface area contributed by atoms with Crippen molar-refractivity contribution >= 4 is 12.1 Å². The number of nitrogens with one attached hydrogen (secondary N) is 1. The summed E-state index contributed by atoms with van der Waals surface area (Å²) in [7, 11) is 0. The number of aromatic nitrogens is 3. The molecule has 150 valence electrons. The first-order chi connectivity index (χ1) is 13.9. The highest BCUT2D eigenvalue weighted by Crippen LogP contribution is 2.34. The second-order valence-electron chi connectivity index (χ2n) is 7.08. The number of carbonyl (C=O) groups is 1. The summed E-state index contributed by atoms with van der Waals surface area (Å²) in [5.41, 5.74) is 8.36. The molecule has 0 aliphatic carbocycles. The van der Waals surface area contributed by atoms with Crippen molar-refractivity contribution in [1.82, 2.24) is 19.8 Å². The Morgan fingerprint density at radius 2 is 1.93 bits per heavy atom. The molecule has 1 aliphatic rings. The van der Waals surface area contributed by atoms with Gasteiger partial charge in [0.05, 0.1) is 11.9 Å². The number of benzene rings is 1. The van der Waals surface area contributed by atoms with E-state index in [0.29, 0.717) is 0 Å². The van der Waals surface area contributed by atoms with Crippen LogP contribution in [0.1, 0.15) is 28.3 Å². The van der Waals surface area contributed by atoms with E-state index in [-0.39, 0.29) is 19.2 Å². The number of fused-ring (bicyclic) bond motifs is 1. The number of amides is 1. The Bertz CT molecular complexity index is 1110. The number of carbonyl (C=O) groups excluding carboxylic acids is 1. The first-order valence-corrected chi connectivity index (χ1v) is 9.34. The van der Waals surface area contributed by atoms with Crippen molar-refractivity contribution in [2.75, 3.05) is 6.79 Å². The van der Waals surface area contributed by atoms with Crippen molar-refractivity contribution in [2.24, 2.45) is 5.10 Å². The van der Waals surface area contributed by atoms with Crippen LogP contribution >= 0.6 is 0 Å². The molecule has 0 fully saturated rings. The maximum atomic E-state index is 12.1. The van der Waals surface area contributed by atoms with E-state index >= 15 is 0 Å². The van der Waals surface area contributed by atoms with Crippen LogP contribution in [0.25, 0.3) is 5.69 Å². The van der Waals surface area contributed by atoms with Crippen LogP contribution < -0.4 is 14.9 Å². The number of hydrogen-bond acceptors (Lipinski definition) is 5. The SMILES string of the molecule is Cc1cc(C)n(CC(=O)N/N=C\c2cc(C)n(-c3ccc4c(c3)OCO4)c2C)n1. The quantitative estimate of drug-likeness (QED) is 0.534. The molecule has 1 aliphatic heterocycles. The number of hydrogen-bond donors (Lipinski definition) is 1. The van der Waals surface area contributed by atoms with Gasteiger partial charge in [-0.15, -0.1) is 0 Å². The topological polar surface area (TPSA) is 82.7 Å². The predicted molar refractivity (Wildman–Crippen MR) is 109 cm³/mol. The molecule has 1 aromatic carbocycles. The molecule has 0 bridgehead atoms. The second-order valence-corrected chi connectivity index (χ2v) is 7.08. The van der Waals surface area contributed by atoms with Crippen molar-refractivity contribution in [3.8, 4) is 17.2 Å². The molecule has 3 aromatic rings. The summed E-state index contributed by atoms with van der Waals surface area (Å²) in [6.07, 6.45) is 1.66. The molecule has 0 spiro atoms. The second kappa shape index (κ2) is 7.46. The Morgan fingerprint density at radius 1 is 1.14 bits per heavy atom. The summed E-state index contributed by atoms with van der Waals surface area (Å²) in [5, 5.41) is 8.40. The van der Waals surface area contributed by atoms with Gasteiger partial charge in [-0.3, -0.25) is 9.48 Å². The number of ether oxygens (including phenoxy) is 2. The maximum Gasteiger partial charge on any atom is 0.261 e. The zero-order valence-corrected chi connectivity index (χ0v) is 16.9. The van der Waals surface area contributed by atoms with E-state index in [1.54, 1.807) is 10.9 Å². The van der Waals surface area contributed by atoms with Gasteiger partial charge in [-0.1, -0.05) is 0 Å². The Hall–Kier alpha value is -3.55. The van der Waals surface area contributed by atoms with Gasteiger partial charge in [0.25, 0.3) is 5.91 Å². The van der Waals surface area contributed by atoms with Gasteiger partial charge in [-0.2, -0.15) is 10.2 Å². The molecule has 1 amide bonds. The van der Waals surface area contributed by atoms with Crippen molar-refractivity contribution < 1.29 is 14.3 Å². The average molecular weight is 393 g/mol. The van der Waals surface area contributed by atoms with E-state index < -0.39 is 0 Å². The van der Waals surface area contributed by atoms with E-state index in [2.05, 4.69) is 20.2 Å². The number of hydrazone groups is 1. The van der Waals surface area contributed by atoms with Crippen LogP contribution in [0.5, 0.6) is 11.5 Å². The van der Waals surface area contributed by atoms with E-state index in [1.165, 1.54) is 0 Å². The molecule has 3 heterocycles. The lowest BCUT2D eigenvalue weighted by atomic mass is 10.2. The van der Waals surface area contributed by atoms with Crippen LogP contribution in [0.15, 0.2) is 35.4 Å². The third kappa shape index (κ3) is 3.73. The van der Waals surface area contributed by atoms with Gasteiger partial charge < -0.3 is 14.0 Å². The minimum Gasteiger partial charge on any atom is -0.454 e. The molecule has 0 atom stereocenters. The molecule has 0 radical (unpaired) electrons. The predicted octanol–water partition coefficient (Wildman–Crippen LogP) is 2.79. The fraction of sp³-hybridized carbons (Fsp3) is 0.286. The van der Waals surface area contributed by atoms with Crippen LogP contribution in [0.3, 0.4) is 0 Å². The molecule has 8 heteroatoms. The lowest BCUT2D eigenvalue weighted by molar-refractivity contribution is -0.121. The fourth-order valence-electron chi connectivity index (χ4n) is 3.52. The van der Waals surface area contributed by atoms with Crippen LogP contribution in [0, 0.1) is 27.7 Å². The number of aryl methyl sites for hydroxylation is 3. The molecule has 29 heavy (non-hydrogen) atoms. The molecule has 2 aromatic heterocycles. The summed E-state index contributed by atoms with van der Waals surface area (Å²) in [6.45, 7) is 8.23. The fourth-order valence-corrected chi connectivity index (χ4v) is 3.52. The highest BCUT2D eigenvalue weighted by Gasteiger charge is 2.16. The minimum absolute atomic E-state index is 0.132. The zero-order valence-electron chi connectivity index (χ0n) is 16.9. The smallest absolute Gasteiger partial charge is 0.261 e. The van der Waals surface area contributed by atoms with Crippen molar-refractivity contribution in [3.05, 3.63) is 58.7 Å². The number of nitrogens with zero attached hydrogens (tertiary/aromatic N) is 4. The molecular weight excluding hydrogens is 370 g/mol. The largest absolute Gasteiger partial charge is 0.454 e. The summed E-state index contributed by atoms with van der Waals surface area (Å²) >= 11 is 0. The highest BCUT2D eigenvalue weighted by atomic mass is 16.7. The number of rotatable bonds is 5. The van der Waals surface area contributed by atoms with Crippen molar-refractivity contribution in [2.45, 2.75) is 34.2 Å². The standard InChI is InChI=1S/C21H23N5O3/c1-13-7-14(2)25(24-13)11-21(27)23-22-10-17-8-15(3)26(16(17)4)18-5-6-19-20(9-18)29-12-28-19/h5-10H,11-12H2,1-4H3,(H,23,27)/b22-10-. The van der Waals surface area contributed by atoms with Gasteiger partial charge in [0.2, 0.25) is 6.79 Å². The van der Waals surface area contributed by atoms with E-state index in [1.807, 2.05) is 58.0 Å². The summed E-state index contributed by atoms with van der Waals surface area (Å²) < 4.78 is 14.6. The normalized spacial score (nSPS) is 12.7. The van der Waals surface area contributed by atoms with Crippen LogP contribution in [0.2, 0.25) is 0 Å². The maximum absolute atomic E-state index is 12.1. The molecule has 0 unspecified atom stereocenters. The molecular formula is C21H23N5O3. The van der Waals surface area contributed by atoms with E-state index in [0.717, 1.165) is 45.5 Å². The van der Waals surface area contributed by atoms with E-state index in [9.17, 15) is 4.79 Å². The van der Waals surface area contributed by atoms with Crippen LogP contribution in [-0.4, -0.2) is 33.3 Å². The van der Waals surface area contributed by atoms with Gasteiger partial charge in [0, 0.05) is 34.4 Å². The van der Waals surface area contributed by atoms with E-state index in [4.69, 9.17) is 9.47 Å². The lowest BCUT2D eigenvalue weighted by Crippen LogP contribution is -2.24. The molecule has 8 nitrogen and oxygen atoms in total. The average Bonchev–Trinajstić information content (AvgIpc) is 3.33. The van der Waals surface area contributed by atoms with Crippen LogP contribution in [-0.2, 0) is 11.3 Å². The summed E-state index contributed by atoms with van der Waals surface area (Å²) in [4.78, 5) is 12.1. The Morgan fingerprint density at radius 3 is 2.69 bits per heavy atom. The first kappa shape index (κ1) is 18.8. The van der Waals surface area contributed by atoms with Gasteiger partial charge >= 0.3 is 0 Å². The Labute approximate surface area is 168 Å². The summed E-state index contributed by atoms with van der Waals surface area (Å²) in [6, 6.07) is 9.81. The molecule has 0 saturated heterocycles. The van der Waals surface area contributed by atoms with Gasteiger partial charge in [0.15, 0.2) is 11.5 Å². The third-order valence-electron chi connectivity index (χ3n) is 4.87. The zero-order chi connectivity index (χ0) is 20.5. The van der Waals surface area contributed by atoms with Gasteiger partial charge in [-0.25, -0.2) is 5.43 Å². The van der Waals surface area contributed by atoms with Crippen molar-refractivity contribution in [3.63, 3.8) is 0 Å². The molecule has 1 N–H and O–H groups in total. The third-order valence-corrected chi connectivity index (χ3v) is 4.87. The Kier molecular flexibility index (Phi) is 4.84. The first-order valence-electron chi connectivity index (χ1n) is 9.34. The highest BCUT2D eigenvalue weighted by molar-refractivity contribution is 5.84. The lowest BCUT2D eigenvalue weighted by Gasteiger charge is -2.10. The summed E-state index contributed by atoms with van der Waals surface area (Å²) in [5.74, 6) is 1.27. The molecule has 0 saturated carbocycles. The monoisotopic (exact) mass is 393 g/mol. The molecule has 4 rings (SSSR count). The van der Waals surface area contributed by atoms with Crippen LogP contribution in [0.4, 0.5) is 0 Å². The van der Waals surface area contributed by atoms with Gasteiger partial charge in [0.1, 0.15) is 6.54 Å². The van der Waals surface area contributed by atoms with Gasteiger partial charge in [-0.05, 0) is 52.0 Å². The Balaban J connectivity index is 1.48. The minimum atomic E-state index is -0.225.